The van der Waals surface area contributed by atoms with Crippen molar-refractivity contribution < 1.29 is 4.79 Å². The third-order valence-electron chi connectivity index (χ3n) is 5.28. The van der Waals surface area contributed by atoms with Crippen molar-refractivity contribution in [3.63, 3.8) is 0 Å². The van der Waals surface area contributed by atoms with E-state index in [1.807, 2.05) is 52.3 Å². The summed E-state index contributed by atoms with van der Waals surface area (Å²) in [6.07, 6.45) is 6.13. The molecule has 0 atom stereocenters. The third kappa shape index (κ3) is 3.76. The number of pyridine rings is 1. The fourth-order valence-electron chi connectivity index (χ4n) is 3.75. The fourth-order valence-corrected chi connectivity index (χ4v) is 3.75. The number of aromatic nitrogens is 3. The zero-order valence-corrected chi connectivity index (χ0v) is 16.2. The molecule has 3 heterocycles. The number of nitrogens with zero attached hydrogens (tertiary/aromatic N) is 5. The molecule has 0 spiro atoms. The third-order valence-corrected chi connectivity index (χ3v) is 5.28. The van der Waals surface area contributed by atoms with Gasteiger partial charge in [-0.15, -0.1) is 0 Å². The van der Waals surface area contributed by atoms with Gasteiger partial charge in [0.25, 0.3) is 5.91 Å². The molecule has 6 heteroatoms. The van der Waals surface area contributed by atoms with Crippen molar-refractivity contribution >= 4 is 11.6 Å². The number of carbonyl (C=O) groups is 1. The maximum absolute atomic E-state index is 13.1. The number of anilines is 1. The smallest absolute Gasteiger partial charge is 0.257 e. The highest BCUT2D eigenvalue weighted by Crippen LogP contribution is 2.18. The summed E-state index contributed by atoms with van der Waals surface area (Å²) in [5.74, 6) is 0.0885. The lowest BCUT2D eigenvalue weighted by atomic mass is 10.1. The van der Waals surface area contributed by atoms with E-state index in [1.54, 1.807) is 6.20 Å². The maximum Gasteiger partial charge on any atom is 0.257 e. The monoisotopic (exact) mass is 375 g/mol. The molecule has 144 valence electrons. The Morgan fingerprint density at radius 3 is 2.39 bits per heavy atom. The fraction of sp³-hybridized carbons (Fsp3) is 0.318. The quantitative estimate of drug-likeness (QED) is 0.688. The molecule has 0 bridgehead atoms. The molecule has 1 aromatic carbocycles. The Morgan fingerprint density at radius 1 is 1.00 bits per heavy atom. The zero-order chi connectivity index (χ0) is 19.3. The van der Waals surface area contributed by atoms with E-state index in [9.17, 15) is 4.79 Å². The van der Waals surface area contributed by atoms with E-state index in [0.717, 1.165) is 36.5 Å². The highest BCUT2D eigenvalue weighted by molar-refractivity contribution is 5.95. The SMILES string of the molecule is CCc1c(C(=O)N2CCN(c3ccncc3)CC2)cnn1Cc1ccccc1. The average molecular weight is 375 g/mol. The van der Waals surface area contributed by atoms with Gasteiger partial charge in [-0.05, 0) is 24.1 Å². The van der Waals surface area contributed by atoms with Crippen LogP contribution < -0.4 is 4.90 Å². The van der Waals surface area contributed by atoms with Gasteiger partial charge in [0.05, 0.1) is 24.0 Å². The van der Waals surface area contributed by atoms with Crippen LogP contribution >= 0.6 is 0 Å². The van der Waals surface area contributed by atoms with Gasteiger partial charge in [-0.1, -0.05) is 37.3 Å². The van der Waals surface area contributed by atoms with E-state index in [2.05, 4.69) is 34.0 Å². The lowest BCUT2D eigenvalue weighted by molar-refractivity contribution is 0.0745. The molecule has 0 saturated carbocycles. The summed E-state index contributed by atoms with van der Waals surface area (Å²) in [6, 6.07) is 14.3. The highest BCUT2D eigenvalue weighted by atomic mass is 16.2. The van der Waals surface area contributed by atoms with Crippen LogP contribution in [0.3, 0.4) is 0 Å². The van der Waals surface area contributed by atoms with Crippen LogP contribution in [0, 0.1) is 0 Å². The molecule has 1 amide bonds. The Morgan fingerprint density at radius 2 is 1.71 bits per heavy atom. The van der Waals surface area contributed by atoms with Gasteiger partial charge in [0.1, 0.15) is 0 Å². The molecule has 1 fully saturated rings. The van der Waals surface area contributed by atoms with Crippen LogP contribution in [-0.2, 0) is 13.0 Å². The largest absolute Gasteiger partial charge is 0.368 e. The van der Waals surface area contributed by atoms with Gasteiger partial charge in [-0.2, -0.15) is 5.10 Å². The van der Waals surface area contributed by atoms with Crippen molar-refractivity contribution in [2.75, 3.05) is 31.1 Å². The van der Waals surface area contributed by atoms with Crippen molar-refractivity contribution in [3.05, 3.63) is 77.9 Å². The number of carbonyl (C=O) groups excluding carboxylic acids is 1. The first-order valence-corrected chi connectivity index (χ1v) is 9.79. The molecule has 6 nitrogen and oxygen atoms in total. The average Bonchev–Trinajstić information content (AvgIpc) is 3.17. The van der Waals surface area contributed by atoms with Crippen LogP contribution in [0.5, 0.6) is 0 Å². The van der Waals surface area contributed by atoms with Crippen LogP contribution in [-0.4, -0.2) is 51.8 Å². The summed E-state index contributed by atoms with van der Waals surface area (Å²) in [6.45, 7) is 5.86. The van der Waals surface area contributed by atoms with Crippen LogP contribution in [0.1, 0.15) is 28.5 Å². The van der Waals surface area contributed by atoms with Crippen molar-refractivity contribution in [2.24, 2.45) is 0 Å². The van der Waals surface area contributed by atoms with E-state index in [4.69, 9.17) is 0 Å². The molecule has 1 aliphatic rings. The highest BCUT2D eigenvalue weighted by Gasteiger charge is 2.25. The van der Waals surface area contributed by atoms with Gasteiger partial charge in [-0.3, -0.25) is 14.5 Å². The number of benzene rings is 1. The predicted octanol–water partition coefficient (Wildman–Crippen LogP) is 2.85. The molecular formula is C22H25N5O. The van der Waals surface area contributed by atoms with Crippen LogP contribution in [0.25, 0.3) is 0 Å². The number of hydrogen-bond acceptors (Lipinski definition) is 4. The summed E-state index contributed by atoms with van der Waals surface area (Å²) in [7, 11) is 0. The van der Waals surface area contributed by atoms with E-state index in [1.165, 1.54) is 5.56 Å². The molecule has 1 saturated heterocycles. The van der Waals surface area contributed by atoms with Gasteiger partial charge in [0, 0.05) is 44.3 Å². The predicted molar refractivity (Wildman–Crippen MR) is 110 cm³/mol. The van der Waals surface area contributed by atoms with Crippen LogP contribution in [0.15, 0.2) is 61.1 Å². The molecule has 28 heavy (non-hydrogen) atoms. The second kappa shape index (κ2) is 8.25. The lowest BCUT2D eigenvalue weighted by Gasteiger charge is -2.36. The minimum absolute atomic E-state index is 0.0885. The van der Waals surface area contributed by atoms with Crippen molar-refractivity contribution in [1.29, 1.82) is 0 Å². The zero-order valence-electron chi connectivity index (χ0n) is 16.2. The first kappa shape index (κ1) is 18.2. The summed E-state index contributed by atoms with van der Waals surface area (Å²) < 4.78 is 1.95. The van der Waals surface area contributed by atoms with Gasteiger partial charge in [-0.25, -0.2) is 0 Å². The van der Waals surface area contributed by atoms with Crippen LogP contribution in [0.4, 0.5) is 5.69 Å². The minimum atomic E-state index is 0.0885. The number of amides is 1. The standard InChI is InChI=1S/C22H25N5O/c1-2-21-20(16-24-27(21)17-18-6-4-3-5-7-18)22(28)26-14-12-25(13-15-26)19-8-10-23-11-9-19/h3-11,16H,2,12-15,17H2,1H3. The van der Waals surface area contributed by atoms with Crippen molar-refractivity contribution in [2.45, 2.75) is 19.9 Å². The van der Waals surface area contributed by atoms with Crippen molar-refractivity contribution in [1.82, 2.24) is 19.7 Å². The number of rotatable bonds is 5. The maximum atomic E-state index is 13.1. The Balaban J connectivity index is 1.45. The molecule has 1 aliphatic heterocycles. The van der Waals surface area contributed by atoms with E-state index < -0.39 is 0 Å². The number of hydrogen-bond donors (Lipinski definition) is 0. The molecule has 0 radical (unpaired) electrons. The molecular weight excluding hydrogens is 350 g/mol. The second-order valence-corrected chi connectivity index (χ2v) is 6.99. The summed E-state index contributed by atoms with van der Waals surface area (Å²) in [5, 5.41) is 4.51. The minimum Gasteiger partial charge on any atom is -0.368 e. The van der Waals surface area contributed by atoms with E-state index in [-0.39, 0.29) is 5.91 Å². The van der Waals surface area contributed by atoms with E-state index in [0.29, 0.717) is 19.6 Å². The lowest BCUT2D eigenvalue weighted by Crippen LogP contribution is -2.49. The molecule has 0 N–H and O–H groups in total. The molecule has 0 unspecified atom stereocenters. The van der Waals surface area contributed by atoms with Gasteiger partial charge >= 0.3 is 0 Å². The molecule has 0 aliphatic carbocycles. The first-order valence-electron chi connectivity index (χ1n) is 9.79. The van der Waals surface area contributed by atoms with E-state index >= 15 is 0 Å². The summed E-state index contributed by atoms with van der Waals surface area (Å²) in [4.78, 5) is 21.4. The topological polar surface area (TPSA) is 54.3 Å². The Hall–Kier alpha value is -3.15. The summed E-state index contributed by atoms with van der Waals surface area (Å²) in [5.41, 5.74) is 4.08. The van der Waals surface area contributed by atoms with Crippen LogP contribution in [0.2, 0.25) is 0 Å². The Bertz CT molecular complexity index is 915. The van der Waals surface area contributed by atoms with Gasteiger partial charge in [0.2, 0.25) is 0 Å². The van der Waals surface area contributed by atoms with Gasteiger partial charge < -0.3 is 9.80 Å². The molecule has 2 aromatic heterocycles. The summed E-state index contributed by atoms with van der Waals surface area (Å²) >= 11 is 0. The molecule has 4 rings (SSSR count). The number of piperazine rings is 1. The first-order chi connectivity index (χ1) is 13.8. The Kier molecular flexibility index (Phi) is 5.37. The van der Waals surface area contributed by atoms with Crippen molar-refractivity contribution in [3.8, 4) is 0 Å². The Labute approximate surface area is 165 Å². The van der Waals surface area contributed by atoms with Gasteiger partial charge in [0.15, 0.2) is 0 Å². The normalized spacial score (nSPS) is 14.3. The molecule has 3 aromatic rings. The second-order valence-electron chi connectivity index (χ2n) is 6.99.